The maximum absolute atomic E-state index is 15.1. The molecule has 0 spiro atoms. The number of nitrogens with one attached hydrogen (secondary N) is 1. The molecule has 2 aliphatic rings. The van der Waals surface area contributed by atoms with Crippen molar-refractivity contribution in [3.05, 3.63) is 32.8 Å². The van der Waals surface area contributed by atoms with Crippen LogP contribution in [0.25, 0.3) is 0 Å². The Bertz CT molecular complexity index is 1060. The molecule has 0 saturated carbocycles. The third-order valence-corrected chi connectivity index (χ3v) is 8.71. The van der Waals surface area contributed by atoms with Crippen molar-refractivity contribution in [2.75, 3.05) is 42.3 Å². The molecule has 1 N–H and O–H groups in total. The first-order valence-electron chi connectivity index (χ1n) is 10.1. The minimum Gasteiger partial charge on any atom is -0.370 e. The summed E-state index contributed by atoms with van der Waals surface area (Å²) in [7, 11) is -4.27. The van der Waals surface area contributed by atoms with Crippen LogP contribution in [0.1, 0.15) is 26.7 Å². The first-order chi connectivity index (χ1) is 14.6. The Morgan fingerprint density at radius 1 is 1.35 bits per heavy atom. The van der Waals surface area contributed by atoms with Gasteiger partial charge in [-0.25, -0.2) is 17.8 Å². The zero-order chi connectivity index (χ0) is 22.4. The summed E-state index contributed by atoms with van der Waals surface area (Å²) < 4.78 is 42.7. The van der Waals surface area contributed by atoms with Crippen molar-refractivity contribution in [1.29, 1.82) is 0 Å². The molecular weight excluding hydrogens is 482 g/mol. The number of sulfonamides is 1. The first-order valence-corrected chi connectivity index (χ1v) is 13.3. The van der Waals surface area contributed by atoms with Gasteiger partial charge in [0.25, 0.3) is 10.0 Å². The lowest BCUT2D eigenvalue weighted by Gasteiger charge is -2.24. The molecular formula is C20H25Cl2FN4O2S2. The van der Waals surface area contributed by atoms with Crippen LogP contribution >= 0.6 is 34.5 Å². The van der Waals surface area contributed by atoms with Gasteiger partial charge in [-0.3, -0.25) is 4.72 Å². The van der Waals surface area contributed by atoms with Crippen LogP contribution in [0.4, 0.5) is 15.9 Å². The molecule has 31 heavy (non-hydrogen) atoms. The minimum absolute atomic E-state index is 0.105. The lowest BCUT2D eigenvalue weighted by atomic mass is 9.93. The number of likely N-dealkylation sites (tertiary alicyclic amines) is 1. The molecule has 0 aliphatic carbocycles. The number of nitrogens with zero attached hydrogens (tertiary/aromatic N) is 3. The van der Waals surface area contributed by atoms with Crippen LogP contribution < -0.4 is 9.62 Å². The number of halogens is 3. The van der Waals surface area contributed by atoms with E-state index in [4.69, 9.17) is 23.2 Å². The summed E-state index contributed by atoms with van der Waals surface area (Å²) in [4.78, 5) is 7.69. The lowest BCUT2D eigenvalue weighted by Crippen LogP contribution is -2.31. The molecule has 1 aromatic heterocycles. The van der Waals surface area contributed by atoms with Gasteiger partial charge in [0.2, 0.25) is 0 Å². The van der Waals surface area contributed by atoms with E-state index in [0.717, 1.165) is 39.1 Å². The van der Waals surface area contributed by atoms with Gasteiger partial charge in [-0.15, -0.1) is 11.3 Å². The van der Waals surface area contributed by atoms with Crippen LogP contribution in [0.3, 0.4) is 0 Å². The predicted octanol–water partition coefficient (Wildman–Crippen LogP) is 4.95. The number of thiazole rings is 1. The van der Waals surface area contributed by atoms with Crippen molar-refractivity contribution >= 4 is 56.1 Å². The molecule has 0 amide bonds. The summed E-state index contributed by atoms with van der Waals surface area (Å²) in [5, 5.41) is 1.07. The normalized spacial score (nSPS) is 21.7. The second kappa shape index (κ2) is 8.67. The lowest BCUT2D eigenvalue weighted by molar-refractivity contribution is 0.257. The van der Waals surface area contributed by atoms with Crippen molar-refractivity contribution in [1.82, 2.24) is 9.88 Å². The molecule has 4 rings (SSSR count). The summed E-state index contributed by atoms with van der Waals surface area (Å²) in [5.41, 5.74) is 2.26. The van der Waals surface area contributed by atoms with E-state index in [2.05, 4.69) is 28.5 Å². The van der Waals surface area contributed by atoms with E-state index in [0.29, 0.717) is 17.0 Å². The maximum atomic E-state index is 15.1. The van der Waals surface area contributed by atoms with Crippen LogP contribution in [-0.4, -0.2) is 51.0 Å². The molecule has 1 unspecified atom stereocenters. The molecule has 1 aromatic carbocycles. The SMILES string of the molecule is CC1(C)CCN(CC2CCN(c3cc(Cl)c(S(=O)(=O)Nc4cscn4)c(F)c3Cl)C2)C1. The Labute approximate surface area is 196 Å². The molecule has 3 heterocycles. The number of aromatic nitrogens is 1. The molecule has 0 radical (unpaired) electrons. The predicted molar refractivity (Wildman–Crippen MR) is 125 cm³/mol. The zero-order valence-electron chi connectivity index (χ0n) is 17.4. The van der Waals surface area contributed by atoms with Crippen LogP contribution in [0.2, 0.25) is 10.0 Å². The quantitative estimate of drug-likeness (QED) is 0.561. The van der Waals surface area contributed by atoms with E-state index in [1.54, 1.807) is 0 Å². The number of benzene rings is 1. The van der Waals surface area contributed by atoms with E-state index < -0.39 is 20.7 Å². The van der Waals surface area contributed by atoms with Crippen LogP contribution in [-0.2, 0) is 10.0 Å². The maximum Gasteiger partial charge on any atom is 0.267 e. The Balaban J connectivity index is 1.51. The topological polar surface area (TPSA) is 65.5 Å². The number of anilines is 2. The second-order valence-electron chi connectivity index (χ2n) is 9.06. The highest BCUT2D eigenvalue weighted by Crippen LogP contribution is 2.40. The Kier molecular flexibility index (Phi) is 6.44. The molecule has 11 heteroatoms. The summed E-state index contributed by atoms with van der Waals surface area (Å²) in [5.74, 6) is -0.494. The molecule has 2 aromatic rings. The first kappa shape index (κ1) is 23.0. The number of rotatable bonds is 6. The standard InChI is InChI=1S/C20H25Cl2FN4O2S2/c1-20(2)4-6-26(11-20)8-13-3-5-27(9-13)15-7-14(21)19(18(23)17(15)22)31(28,29)25-16-10-30-12-24-16/h7,10,12-13,25H,3-6,8-9,11H2,1-2H3. The Morgan fingerprint density at radius 2 is 2.13 bits per heavy atom. The number of hydrogen-bond donors (Lipinski definition) is 1. The highest BCUT2D eigenvalue weighted by molar-refractivity contribution is 7.92. The van der Waals surface area contributed by atoms with E-state index in [9.17, 15) is 8.42 Å². The van der Waals surface area contributed by atoms with Gasteiger partial charge in [0, 0.05) is 31.6 Å². The highest BCUT2D eigenvalue weighted by Gasteiger charge is 2.34. The fourth-order valence-corrected chi connectivity index (χ4v) is 6.96. The largest absolute Gasteiger partial charge is 0.370 e. The fourth-order valence-electron chi connectivity index (χ4n) is 4.44. The zero-order valence-corrected chi connectivity index (χ0v) is 20.5. The van der Waals surface area contributed by atoms with Gasteiger partial charge in [0.05, 0.1) is 16.2 Å². The fraction of sp³-hybridized carbons (Fsp3) is 0.550. The van der Waals surface area contributed by atoms with Gasteiger partial charge in [-0.1, -0.05) is 37.0 Å². The average Bonchev–Trinajstić information content (AvgIpc) is 3.40. The van der Waals surface area contributed by atoms with Crippen LogP contribution in [0, 0.1) is 17.2 Å². The van der Waals surface area contributed by atoms with E-state index >= 15 is 4.39 Å². The van der Waals surface area contributed by atoms with Crippen LogP contribution in [0.5, 0.6) is 0 Å². The van der Waals surface area contributed by atoms with Gasteiger partial charge in [-0.2, -0.15) is 0 Å². The summed E-state index contributed by atoms with van der Waals surface area (Å²) in [6, 6.07) is 1.45. The Morgan fingerprint density at radius 3 is 2.77 bits per heavy atom. The monoisotopic (exact) mass is 506 g/mol. The molecule has 6 nitrogen and oxygen atoms in total. The smallest absolute Gasteiger partial charge is 0.267 e. The summed E-state index contributed by atoms with van der Waals surface area (Å²) in [6.07, 6.45) is 2.17. The van der Waals surface area contributed by atoms with E-state index in [1.807, 2.05) is 4.90 Å². The molecule has 1 atom stereocenters. The van der Waals surface area contributed by atoms with E-state index in [1.165, 1.54) is 34.7 Å². The molecule has 2 saturated heterocycles. The second-order valence-corrected chi connectivity index (χ2v) is 12.2. The van der Waals surface area contributed by atoms with E-state index in [-0.39, 0.29) is 15.9 Å². The van der Waals surface area contributed by atoms with Gasteiger partial charge in [0.15, 0.2) is 11.6 Å². The van der Waals surface area contributed by atoms with Gasteiger partial charge in [-0.05, 0) is 36.8 Å². The van der Waals surface area contributed by atoms with Crippen molar-refractivity contribution in [2.45, 2.75) is 31.6 Å². The Hall–Kier alpha value is -1.13. The van der Waals surface area contributed by atoms with Crippen LogP contribution in [0.15, 0.2) is 21.9 Å². The average molecular weight is 507 g/mol. The third kappa shape index (κ3) is 4.95. The third-order valence-electron chi connectivity index (χ3n) is 5.94. The highest BCUT2D eigenvalue weighted by atomic mass is 35.5. The minimum atomic E-state index is -4.27. The van der Waals surface area contributed by atoms with Crippen molar-refractivity contribution < 1.29 is 12.8 Å². The molecule has 2 fully saturated rings. The number of hydrogen-bond acceptors (Lipinski definition) is 6. The van der Waals surface area contributed by atoms with Crippen molar-refractivity contribution in [2.24, 2.45) is 11.3 Å². The van der Waals surface area contributed by atoms with Gasteiger partial charge in [0.1, 0.15) is 9.92 Å². The molecule has 2 aliphatic heterocycles. The van der Waals surface area contributed by atoms with Crippen molar-refractivity contribution in [3.63, 3.8) is 0 Å². The van der Waals surface area contributed by atoms with Gasteiger partial charge >= 0.3 is 0 Å². The van der Waals surface area contributed by atoms with Crippen molar-refractivity contribution in [3.8, 4) is 0 Å². The summed E-state index contributed by atoms with van der Waals surface area (Å²) in [6.45, 7) is 9.22. The summed E-state index contributed by atoms with van der Waals surface area (Å²) >= 11 is 13.8. The molecule has 170 valence electrons. The molecule has 0 bridgehead atoms. The van der Waals surface area contributed by atoms with Gasteiger partial charge < -0.3 is 9.80 Å².